The van der Waals surface area contributed by atoms with E-state index < -0.39 is 0 Å². The van der Waals surface area contributed by atoms with Crippen molar-refractivity contribution in [3.05, 3.63) is 65.0 Å². The molecule has 0 N–H and O–H groups in total. The van der Waals surface area contributed by atoms with Crippen molar-refractivity contribution in [2.45, 2.75) is 5.38 Å². The Morgan fingerprint density at radius 3 is 2.47 bits per heavy atom. The highest BCUT2D eigenvalue weighted by Gasteiger charge is 2.13. The average molecular weight is 289 g/mol. The number of rotatable bonds is 3. The van der Waals surface area contributed by atoms with Crippen LogP contribution < -0.4 is 4.74 Å². The first-order valence-electron chi connectivity index (χ1n) is 6.04. The van der Waals surface area contributed by atoms with Gasteiger partial charge >= 0.3 is 0 Å². The van der Waals surface area contributed by atoms with E-state index in [0.717, 1.165) is 11.3 Å². The number of benzene rings is 2. The van der Waals surface area contributed by atoms with Crippen molar-refractivity contribution < 1.29 is 4.74 Å². The van der Waals surface area contributed by atoms with E-state index in [9.17, 15) is 0 Å². The first-order valence-corrected chi connectivity index (χ1v) is 7.30. The Morgan fingerprint density at radius 1 is 1.05 bits per heavy atom. The number of halogens is 1. The van der Waals surface area contributed by atoms with Gasteiger partial charge in [0.2, 0.25) is 0 Å². The van der Waals surface area contributed by atoms with E-state index in [1.165, 1.54) is 15.0 Å². The first kappa shape index (κ1) is 12.5. The molecule has 2 aromatic carbocycles. The van der Waals surface area contributed by atoms with E-state index in [2.05, 4.69) is 30.3 Å². The second-order valence-electron chi connectivity index (χ2n) is 4.32. The standard InChI is InChI=1S/C16H13ClOS/c1-18-13-8-6-11(7-9-13)16(17)15-10-12-4-2-3-5-14(12)19-15/h2-10,16H,1H3. The zero-order chi connectivity index (χ0) is 13.2. The predicted octanol–water partition coefficient (Wildman–Crippen LogP) is 5.24. The van der Waals surface area contributed by atoms with E-state index in [1.807, 2.05) is 24.3 Å². The molecule has 19 heavy (non-hydrogen) atoms. The predicted molar refractivity (Wildman–Crippen MR) is 82.5 cm³/mol. The molecule has 1 unspecified atom stereocenters. The fourth-order valence-corrected chi connectivity index (χ4v) is 3.48. The lowest BCUT2D eigenvalue weighted by molar-refractivity contribution is 0.414. The smallest absolute Gasteiger partial charge is 0.118 e. The molecule has 0 spiro atoms. The van der Waals surface area contributed by atoms with E-state index in [-0.39, 0.29) is 5.38 Å². The summed E-state index contributed by atoms with van der Waals surface area (Å²) in [4.78, 5) is 1.17. The summed E-state index contributed by atoms with van der Waals surface area (Å²) < 4.78 is 6.44. The molecule has 0 aliphatic rings. The number of alkyl halides is 1. The largest absolute Gasteiger partial charge is 0.497 e. The SMILES string of the molecule is COc1ccc(C(Cl)c2cc3ccccc3s2)cc1. The first-order chi connectivity index (χ1) is 9.28. The van der Waals surface area contributed by atoms with Crippen molar-refractivity contribution in [1.82, 2.24) is 0 Å². The van der Waals surface area contributed by atoms with Gasteiger partial charge in [-0.1, -0.05) is 30.3 Å². The third-order valence-electron chi connectivity index (χ3n) is 3.10. The lowest BCUT2D eigenvalue weighted by Crippen LogP contribution is -1.90. The quantitative estimate of drug-likeness (QED) is 0.599. The number of ether oxygens (including phenoxy) is 1. The Hall–Kier alpha value is -1.51. The minimum absolute atomic E-state index is 0.108. The second-order valence-corrected chi connectivity index (χ2v) is 5.87. The van der Waals surface area contributed by atoms with Gasteiger partial charge in [-0.05, 0) is 35.2 Å². The highest BCUT2D eigenvalue weighted by Crippen LogP contribution is 2.37. The van der Waals surface area contributed by atoms with Gasteiger partial charge in [0, 0.05) is 9.58 Å². The van der Waals surface area contributed by atoms with Crippen molar-refractivity contribution in [2.24, 2.45) is 0 Å². The Labute approximate surface area is 121 Å². The van der Waals surface area contributed by atoms with E-state index in [4.69, 9.17) is 16.3 Å². The summed E-state index contributed by atoms with van der Waals surface area (Å²) >= 11 is 8.32. The summed E-state index contributed by atoms with van der Waals surface area (Å²) in [6.45, 7) is 0. The summed E-state index contributed by atoms with van der Waals surface area (Å²) in [6.07, 6.45) is 0. The molecular formula is C16H13ClOS. The van der Waals surface area contributed by atoms with Crippen LogP contribution in [0.15, 0.2) is 54.6 Å². The Kier molecular flexibility index (Phi) is 3.45. The van der Waals surface area contributed by atoms with Gasteiger partial charge in [0.15, 0.2) is 0 Å². The lowest BCUT2D eigenvalue weighted by atomic mass is 10.1. The van der Waals surface area contributed by atoms with Crippen LogP contribution in [0.3, 0.4) is 0 Å². The second kappa shape index (κ2) is 5.24. The van der Waals surface area contributed by atoms with Crippen LogP contribution in [0.2, 0.25) is 0 Å². The monoisotopic (exact) mass is 288 g/mol. The Bertz CT molecular complexity index is 654. The lowest BCUT2D eigenvalue weighted by Gasteiger charge is -2.08. The molecule has 1 nitrogen and oxygen atoms in total. The highest BCUT2D eigenvalue weighted by atomic mass is 35.5. The van der Waals surface area contributed by atoms with Crippen molar-refractivity contribution in [1.29, 1.82) is 0 Å². The van der Waals surface area contributed by atoms with Gasteiger partial charge in [0.1, 0.15) is 5.75 Å². The minimum Gasteiger partial charge on any atom is -0.497 e. The topological polar surface area (TPSA) is 9.23 Å². The van der Waals surface area contributed by atoms with Gasteiger partial charge in [-0.3, -0.25) is 0 Å². The maximum atomic E-state index is 6.57. The summed E-state index contributed by atoms with van der Waals surface area (Å²) in [5.74, 6) is 0.851. The molecule has 1 heterocycles. The van der Waals surface area contributed by atoms with Crippen molar-refractivity contribution in [3.8, 4) is 5.75 Å². The molecule has 1 atom stereocenters. The van der Waals surface area contributed by atoms with Gasteiger partial charge in [-0.2, -0.15) is 0 Å². The average Bonchev–Trinajstić information content (AvgIpc) is 2.90. The third kappa shape index (κ3) is 2.46. The van der Waals surface area contributed by atoms with Gasteiger partial charge in [-0.25, -0.2) is 0 Å². The molecule has 0 fully saturated rings. The molecule has 3 rings (SSSR count). The molecule has 3 aromatic rings. The van der Waals surface area contributed by atoms with E-state index >= 15 is 0 Å². The normalized spacial score (nSPS) is 12.5. The molecular weight excluding hydrogens is 276 g/mol. The molecule has 0 aliphatic carbocycles. The molecule has 0 bridgehead atoms. The number of thiophene rings is 1. The third-order valence-corrected chi connectivity index (χ3v) is 4.90. The fraction of sp³-hybridized carbons (Fsp3) is 0.125. The molecule has 0 saturated heterocycles. The van der Waals surface area contributed by atoms with Crippen LogP contribution >= 0.6 is 22.9 Å². The van der Waals surface area contributed by atoms with Crippen LogP contribution in [-0.2, 0) is 0 Å². The zero-order valence-electron chi connectivity index (χ0n) is 10.5. The molecule has 0 amide bonds. The van der Waals surface area contributed by atoms with Gasteiger partial charge in [0.25, 0.3) is 0 Å². The molecule has 0 aliphatic heterocycles. The van der Waals surface area contributed by atoms with Gasteiger partial charge in [0.05, 0.1) is 12.5 Å². The van der Waals surface area contributed by atoms with Gasteiger partial charge in [-0.15, -0.1) is 22.9 Å². The summed E-state index contributed by atoms with van der Waals surface area (Å²) in [5.41, 5.74) is 1.09. The van der Waals surface area contributed by atoms with Crippen LogP contribution in [0.5, 0.6) is 5.75 Å². The minimum atomic E-state index is -0.108. The van der Waals surface area contributed by atoms with E-state index in [1.54, 1.807) is 18.4 Å². The Morgan fingerprint density at radius 2 is 1.79 bits per heavy atom. The number of fused-ring (bicyclic) bond motifs is 1. The molecule has 3 heteroatoms. The summed E-state index contributed by atoms with van der Waals surface area (Å²) in [5, 5.41) is 1.14. The van der Waals surface area contributed by atoms with Crippen LogP contribution in [-0.4, -0.2) is 7.11 Å². The van der Waals surface area contributed by atoms with Crippen LogP contribution in [0, 0.1) is 0 Å². The van der Waals surface area contributed by atoms with Crippen LogP contribution in [0.1, 0.15) is 15.8 Å². The maximum absolute atomic E-state index is 6.57. The molecule has 0 saturated carbocycles. The van der Waals surface area contributed by atoms with Crippen LogP contribution in [0.25, 0.3) is 10.1 Å². The van der Waals surface area contributed by atoms with Crippen molar-refractivity contribution in [3.63, 3.8) is 0 Å². The zero-order valence-corrected chi connectivity index (χ0v) is 12.0. The maximum Gasteiger partial charge on any atom is 0.118 e. The fourth-order valence-electron chi connectivity index (χ4n) is 2.06. The van der Waals surface area contributed by atoms with Crippen LogP contribution in [0.4, 0.5) is 0 Å². The molecule has 1 aromatic heterocycles. The highest BCUT2D eigenvalue weighted by molar-refractivity contribution is 7.19. The summed E-state index contributed by atoms with van der Waals surface area (Å²) in [7, 11) is 1.67. The Balaban J connectivity index is 1.95. The van der Waals surface area contributed by atoms with E-state index in [0.29, 0.717) is 0 Å². The molecule has 0 radical (unpaired) electrons. The summed E-state index contributed by atoms with van der Waals surface area (Å²) in [6, 6.07) is 18.4. The van der Waals surface area contributed by atoms with Gasteiger partial charge < -0.3 is 4.74 Å². The molecule has 96 valence electrons. The number of methoxy groups -OCH3 is 1. The number of hydrogen-bond acceptors (Lipinski definition) is 2. The van der Waals surface area contributed by atoms with Crippen molar-refractivity contribution >= 4 is 33.0 Å². The number of hydrogen-bond donors (Lipinski definition) is 0. The van der Waals surface area contributed by atoms with Crippen molar-refractivity contribution in [2.75, 3.05) is 7.11 Å².